The number of hydrogen-bond acceptors (Lipinski definition) is 4. The zero-order valence-electron chi connectivity index (χ0n) is 13.0. The van der Waals surface area contributed by atoms with Gasteiger partial charge >= 0.3 is 0 Å². The van der Waals surface area contributed by atoms with Crippen molar-refractivity contribution in [3.8, 4) is 11.5 Å². The van der Waals surface area contributed by atoms with Gasteiger partial charge in [-0.25, -0.2) is 0 Å². The van der Waals surface area contributed by atoms with Crippen molar-refractivity contribution < 1.29 is 14.3 Å². The summed E-state index contributed by atoms with van der Waals surface area (Å²) in [5.41, 5.74) is 0.617. The highest BCUT2D eigenvalue weighted by Gasteiger charge is 2.19. The third-order valence-corrected chi connectivity index (χ3v) is 3.88. The van der Waals surface area contributed by atoms with E-state index < -0.39 is 0 Å². The zero-order valence-corrected chi connectivity index (χ0v) is 13.0. The SMILES string of the molecule is COc1ccc(C(=O)N(C)CC2CCCCN2)cc1OC. The molecule has 1 heterocycles. The molecule has 0 aliphatic carbocycles. The molecule has 1 aliphatic heterocycles. The van der Waals surface area contributed by atoms with Crippen LogP contribution in [0.4, 0.5) is 0 Å². The highest BCUT2D eigenvalue weighted by atomic mass is 16.5. The molecule has 21 heavy (non-hydrogen) atoms. The molecule has 0 saturated carbocycles. The first kappa shape index (κ1) is 15.6. The quantitative estimate of drug-likeness (QED) is 0.901. The standard InChI is InChI=1S/C16H24N2O3/c1-18(11-13-6-4-5-9-17-13)16(19)12-7-8-14(20-2)15(10-12)21-3/h7-8,10,13,17H,4-6,9,11H2,1-3H3. The molecule has 116 valence electrons. The number of methoxy groups -OCH3 is 2. The number of carbonyl (C=O) groups excluding carboxylic acids is 1. The van der Waals surface area contributed by atoms with Crippen LogP contribution >= 0.6 is 0 Å². The van der Waals surface area contributed by atoms with Gasteiger partial charge in [0.15, 0.2) is 11.5 Å². The Hall–Kier alpha value is -1.75. The normalized spacial score (nSPS) is 18.1. The summed E-state index contributed by atoms with van der Waals surface area (Å²) in [6.07, 6.45) is 3.59. The number of piperidine rings is 1. The molecule has 5 heteroatoms. The number of nitrogens with one attached hydrogen (secondary N) is 1. The van der Waals surface area contributed by atoms with E-state index in [4.69, 9.17) is 9.47 Å². The average Bonchev–Trinajstić information content (AvgIpc) is 2.54. The van der Waals surface area contributed by atoms with Gasteiger partial charge < -0.3 is 19.7 Å². The minimum atomic E-state index is 0.00308. The van der Waals surface area contributed by atoms with E-state index in [0.717, 1.165) is 19.5 Å². The van der Waals surface area contributed by atoms with Crippen LogP contribution in [0.15, 0.2) is 18.2 Å². The summed E-state index contributed by atoms with van der Waals surface area (Å²) in [6, 6.07) is 5.66. The molecule has 1 aromatic rings. The van der Waals surface area contributed by atoms with Gasteiger partial charge in [0.25, 0.3) is 5.91 Å². The van der Waals surface area contributed by atoms with Gasteiger partial charge in [-0.3, -0.25) is 4.79 Å². The maximum absolute atomic E-state index is 12.5. The number of benzene rings is 1. The Labute approximate surface area is 126 Å². The van der Waals surface area contributed by atoms with Gasteiger partial charge in [-0.1, -0.05) is 6.42 Å². The third-order valence-electron chi connectivity index (χ3n) is 3.88. The van der Waals surface area contributed by atoms with Crippen molar-refractivity contribution in [2.45, 2.75) is 25.3 Å². The van der Waals surface area contributed by atoms with Crippen molar-refractivity contribution in [3.63, 3.8) is 0 Å². The maximum atomic E-state index is 12.5. The van der Waals surface area contributed by atoms with Crippen molar-refractivity contribution >= 4 is 5.91 Å². The predicted octanol–water partition coefficient (Wildman–Crippen LogP) is 1.92. The number of ether oxygens (including phenoxy) is 2. The van der Waals surface area contributed by atoms with E-state index in [1.54, 1.807) is 37.3 Å². The minimum absolute atomic E-state index is 0.00308. The molecule has 1 amide bonds. The first-order valence-electron chi connectivity index (χ1n) is 7.36. The van der Waals surface area contributed by atoms with E-state index in [-0.39, 0.29) is 5.91 Å². The van der Waals surface area contributed by atoms with Gasteiger partial charge in [0, 0.05) is 25.2 Å². The molecule has 0 aromatic heterocycles. The summed E-state index contributed by atoms with van der Waals surface area (Å²) in [5.74, 6) is 1.21. The molecule has 0 bridgehead atoms. The molecule has 1 aliphatic rings. The average molecular weight is 292 g/mol. The van der Waals surface area contributed by atoms with Crippen LogP contribution in [0.3, 0.4) is 0 Å². The van der Waals surface area contributed by atoms with E-state index in [1.807, 2.05) is 7.05 Å². The second-order valence-electron chi connectivity index (χ2n) is 5.40. The monoisotopic (exact) mass is 292 g/mol. The molecule has 1 aromatic carbocycles. The molecule has 1 fully saturated rings. The third kappa shape index (κ3) is 3.88. The van der Waals surface area contributed by atoms with Crippen molar-refractivity contribution in [3.05, 3.63) is 23.8 Å². The van der Waals surface area contributed by atoms with Gasteiger partial charge in [-0.15, -0.1) is 0 Å². The zero-order chi connectivity index (χ0) is 15.2. The second-order valence-corrected chi connectivity index (χ2v) is 5.40. The fourth-order valence-electron chi connectivity index (χ4n) is 2.68. The minimum Gasteiger partial charge on any atom is -0.493 e. The Bertz CT molecular complexity index is 484. The Kier molecular flexibility index (Phi) is 5.44. The van der Waals surface area contributed by atoms with Crippen molar-refractivity contribution in [2.24, 2.45) is 0 Å². The molecule has 5 nitrogen and oxygen atoms in total. The summed E-state index contributed by atoms with van der Waals surface area (Å²) in [4.78, 5) is 14.3. The number of amides is 1. The number of hydrogen-bond donors (Lipinski definition) is 1. The lowest BCUT2D eigenvalue weighted by Crippen LogP contribution is -2.44. The van der Waals surface area contributed by atoms with Gasteiger partial charge in [0.2, 0.25) is 0 Å². The van der Waals surface area contributed by atoms with Crippen LogP contribution in [-0.2, 0) is 0 Å². The summed E-state index contributed by atoms with van der Waals surface area (Å²) in [7, 11) is 5.00. The van der Waals surface area contributed by atoms with E-state index in [9.17, 15) is 4.79 Å². The number of nitrogens with zero attached hydrogens (tertiary/aromatic N) is 1. The summed E-state index contributed by atoms with van der Waals surface area (Å²) in [5, 5.41) is 3.46. The van der Waals surface area contributed by atoms with Crippen LogP contribution in [-0.4, -0.2) is 51.2 Å². The molecule has 2 rings (SSSR count). The topological polar surface area (TPSA) is 50.8 Å². The number of likely N-dealkylation sites (N-methyl/N-ethyl adjacent to an activating group) is 1. The molecule has 1 unspecified atom stereocenters. The van der Waals surface area contributed by atoms with E-state index in [1.165, 1.54) is 12.8 Å². The second kappa shape index (κ2) is 7.31. The summed E-state index contributed by atoms with van der Waals surface area (Å²) < 4.78 is 10.4. The number of rotatable bonds is 5. The van der Waals surface area contributed by atoms with Crippen molar-refractivity contribution in [2.75, 3.05) is 34.4 Å². The largest absolute Gasteiger partial charge is 0.493 e. The maximum Gasteiger partial charge on any atom is 0.253 e. The van der Waals surface area contributed by atoms with Gasteiger partial charge in [0.05, 0.1) is 14.2 Å². The van der Waals surface area contributed by atoms with E-state index in [2.05, 4.69) is 5.32 Å². The molecule has 1 saturated heterocycles. The smallest absolute Gasteiger partial charge is 0.253 e. The highest BCUT2D eigenvalue weighted by Crippen LogP contribution is 2.28. The lowest BCUT2D eigenvalue weighted by molar-refractivity contribution is 0.0775. The van der Waals surface area contributed by atoms with Gasteiger partial charge in [-0.05, 0) is 37.6 Å². The molecular weight excluding hydrogens is 268 g/mol. The number of carbonyl (C=O) groups is 1. The molecular formula is C16H24N2O3. The van der Waals surface area contributed by atoms with E-state index >= 15 is 0 Å². The molecule has 1 atom stereocenters. The van der Waals surface area contributed by atoms with Gasteiger partial charge in [-0.2, -0.15) is 0 Å². The Morgan fingerprint density at radius 3 is 2.67 bits per heavy atom. The van der Waals surface area contributed by atoms with Crippen molar-refractivity contribution in [1.29, 1.82) is 0 Å². The van der Waals surface area contributed by atoms with Crippen molar-refractivity contribution in [1.82, 2.24) is 10.2 Å². The predicted molar refractivity (Wildman–Crippen MR) is 82.1 cm³/mol. The Morgan fingerprint density at radius 1 is 1.29 bits per heavy atom. The Morgan fingerprint density at radius 2 is 2.05 bits per heavy atom. The first-order valence-corrected chi connectivity index (χ1v) is 7.36. The van der Waals surface area contributed by atoms with Crippen LogP contribution in [0.2, 0.25) is 0 Å². The fourth-order valence-corrected chi connectivity index (χ4v) is 2.68. The molecule has 0 spiro atoms. The summed E-state index contributed by atoms with van der Waals surface area (Å²) in [6.45, 7) is 1.77. The van der Waals surface area contributed by atoms with Crippen LogP contribution in [0.5, 0.6) is 11.5 Å². The van der Waals surface area contributed by atoms with Crippen LogP contribution < -0.4 is 14.8 Å². The lowest BCUT2D eigenvalue weighted by atomic mass is 10.0. The highest BCUT2D eigenvalue weighted by molar-refractivity contribution is 5.94. The first-order chi connectivity index (χ1) is 10.2. The molecule has 1 N–H and O–H groups in total. The lowest BCUT2D eigenvalue weighted by Gasteiger charge is -2.28. The van der Waals surface area contributed by atoms with Crippen LogP contribution in [0, 0.1) is 0 Å². The Balaban J connectivity index is 2.04. The van der Waals surface area contributed by atoms with E-state index in [0.29, 0.717) is 23.1 Å². The fraction of sp³-hybridized carbons (Fsp3) is 0.562. The molecule has 0 radical (unpaired) electrons. The van der Waals surface area contributed by atoms with Gasteiger partial charge in [0.1, 0.15) is 0 Å². The van der Waals surface area contributed by atoms with Crippen LogP contribution in [0.1, 0.15) is 29.6 Å². The summed E-state index contributed by atoms with van der Waals surface area (Å²) >= 11 is 0. The van der Waals surface area contributed by atoms with Crippen LogP contribution in [0.25, 0.3) is 0 Å².